The first kappa shape index (κ1) is 13.0. The van der Waals surface area contributed by atoms with Crippen LogP contribution in [-0.4, -0.2) is 36.0 Å². The molecule has 0 aliphatic rings. The quantitative estimate of drug-likeness (QED) is 0.789. The molecule has 1 rings (SSSR count). The highest BCUT2D eigenvalue weighted by atomic mass is 16.5. The molecule has 1 atom stereocenters. The third-order valence-corrected chi connectivity index (χ3v) is 2.60. The van der Waals surface area contributed by atoms with E-state index >= 15 is 0 Å². The maximum absolute atomic E-state index is 12.1. The van der Waals surface area contributed by atoms with Crippen LogP contribution in [0.2, 0.25) is 0 Å². The summed E-state index contributed by atoms with van der Waals surface area (Å²) >= 11 is 0. The van der Waals surface area contributed by atoms with Gasteiger partial charge in [-0.15, -0.1) is 0 Å². The highest BCUT2D eigenvalue weighted by Crippen LogP contribution is 2.18. The van der Waals surface area contributed by atoms with Crippen LogP contribution in [0.15, 0.2) is 18.5 Å². The lowest BCUT2D eigenvalue weighted by atomic mass is 10.1. The molecule has 90 valence electrons. The fraction of sp³-hybridized carbons (Fsp3) is 0.417. The molecule has 0 aliphatic heterocycles. The largest absolute Gasteiger partial charge is 0.494 e. The van der Waals surface area contributed by atoms with E-state index in [0.717, 1.165) is 0 Å². The third-order valence-electron chi connectivity index (χ3n) is 2.60. The van der Waals surface area contributed by atoms with Crippen LogP contribution < -0.4 is 4.74 Å². The van der Waals surface area contributed by atoms with Crippen molar-refractivity contribution < 1.29 is 9.53 Å². The first-order chi connectivity index (χ1) is 8.11. The molecule has 5 nitrogen and oxygen atoms in total. The molecule has 0 aromatic carbocycles. The summed E-state index contributed by atoms with van der Waals surface area (Å²) < 4.78 is 5.08. The van der Waals surface area contributed by atoms with Gasteiger partial charge in [-0.1, -0.05) is 0 Å². The summed E-state index contributed by atoms with van der Waals surface area (Å²) in [5.74, 6) is 0.264. The molecule has 0 saturated carbocycles. The third kappa shape index (κ3) is 2.94. The molecular weight excluding hydrogens is 218 g/mol. The minimum absolute atomic E-state index is 0.134. The number of nitrogens with zero attached hydrogens (tertiary/aromatic N) is 3. The normalized spacial score (nSPS) is 11.4. The van der Waals surface area contributed by atoms with Gasteiger partial charge in [-0.25, -0.2) is 0 Å². The molecular formula is C12H15N3O2. The number of aromatic nitrogens is 1. The summed E-state index contributed by atoms with van der Waals surface area (Å²) in [5.41, 5.74) is 0.454. The van der Waals surface area contributed by atoms with Gasteiger partial charge >= 0.3 is 0 Å². The molecule has 1 aromatic heterocycles. The van der Waals surface area contributed by atoms with Crippen molar-refractivity contribution >= 4 is 5.91 Å². The van der Waals surface area contributed by atoms with Gasteiger partial charge in [0.1, 0.15) is 5.75 Å². The minimum atomic E-state index is -0.174. The van der Waals surface area contributed by atoms with Crippen molar-refractivity contribution in [1.29, 1.82) is 5.26 Å². The molecule has 0 N–H and O–H groups in total. The second-order valence-electron chi connectivity index (χ2n) is 3.70. The van der Waals surface area contributed by atoms with Gasteiger partial charge < -0.3 is 9.64 Å². The van der Waals surface area contributed by atoms with E-state index in [9.17, 15) is 4.79 Å². The second kappa shape index (κ2) is 5.85. The van der Waals surface area contributed by atoms with E-state index in [1.807, 2.05) is 13.0 Å². The molecule has 1 aromatic rings. The van der Waals surface area contributed by atoms with E-state index < -0.39 is 0 Å². The van der Waals surface area contributed by atoms with Crippen LogP contribution in [0.5, 0.6) is 5.75 Å². The fourth-order valence-electron chi connectivity index (χ4n) is 1.38. The molecule has 1 heterocycles. The number of hydrogen-bond donors (Lipinski definition) is 0. The minimum Gasteiger partial charge on any atom is -0.494 e. The molecule has 0 fully saturated rings. The van der Waals surface area contributed by atoms with Gasteiger partial charge in [0.15, 0.2) is 0 Å². The first-order valence-electron chi connectivity index (χ1n) is 5.24. The van der Waals surface area contributed by atoms with Gasteiger partial charge in [-0.3, -0.25) is 9.78 Å². The topological polar surface area (TPSA) is 66.2 Å². The second-order valence-corrected chi connectivity index (χ2v) is 3.70. The highest BCUT2D eigenvalue weighted by molar-refractivity contribution is 5.96. The van der Waals surface area contributed by atoms with Gasteiger partial charge in [0.25, 0.3) is 5.91 Å². The van der Waals surface area contributed by atoms with Gasteiger partial charge in [-0.05, 0) is 13.0 Å². The van der Waals surface area contributed by atoms with Crippen LogP contribution >= 0.6 is 0 Å². The Morgan fingerprint density at radius 3 is 3.00 bits per heavy atom. The fourth-order valence-corrected chi connectivity index (χ4v) is 1.38. The van der Waals surface area contributed by atoms with Crippen molar-refractivity contribution in [3.63, 3.8) is 0 Å². The number of carbonyl (C=O) groups excluding carboxylic acids is 1. The lowest BCUT2D eigenvalue weighted by Gasteiger charge is -2.23. The van der Waals surface area contributed by atoms with Gasteiger partial charge in [0.05, 0.1) is 31.4 Å². The highest BCUT2D eigenvalue weighted by Gasteiger charge is 2.20. The van der Waals surface area contributed by atoms with Gasteiger partial charge in [0.2, 0.25) is 0 Å². The predicted octanol–water partition coefficient (Wildman–Crippen LogP) is 1.46. The summed E-state index contributed by atoms with van der Waals surface area (Å²) in [6.45, 7) is 1.83. The van der Waals surface area contributed by atoms with E-state index in [2.05, 4.69) is 4.98 Å². The lowest BCUT2D eigenvalue weighted by molar-refractivity contribution is 0.0742. The van der Waals surface area contributed by atoms with E-state index in [1.54, 1.807) is 19.3 Å². The monoisotopic (exact) mass is 233 g/mol. The maximum Gasteiger partial charge on any atom is 0.257 e. The number of rotatable bonds is 4. The molecule has 0 spiro atoms. The zero-order chi connectivity index (χ0) is 12.8. The summed E-state index contributed by atoms with van der Waals surface area (Å²) in [4.78, 5) is 17.6. The summed E-state index contributed by atoms with van der Waals surface area (Å²) in [7, 11) is 3.16. The maximum atomic E-state index is 12.1. The van der Waals surface area contributed by atoms with Crippen molar-refractivity contribution in [3.8, 4) is 11.8 Å². The summed E-state index contributed by atoms with van der Waals surface area (Å²) in [6, 6.07) is 3.52. The summed E-state index contributed by atoms with van der Waals surface area (Å²) in [6.07, 6.45) is 3.34. The molecule has 0 bridgehead atoms. The van der Waals surface area contributed by atoms with E-state index in [4.69, 9.17) is 10.00 Å². The van der Waals surface area contributed by atoms with Crippen LogP contribution in [0, 0.1) is 11.3 Å². The number of nitriles is 1. The van der Waals surface area contributed by atoms with Crippen molar-refractivity contribution in [2.75, 3.05) is 14.2 Å². The van der Waals surface area contributed by atoms with E-state index in [0.29, 0.717) is 17.7 Å². The smallest absolute Gasteiger partial charge is 0.257 e. The van der Waals surface area contributed by atoms with Crippen LogP contribution in [0.25, 0.3) is 0 Å². The van der Waals surface area contributed by atoms with E-state index in [-0.39, 0.29) is 11.9 Å². The van der Waals surface area contributed by atoms with Crippen LogP contribution in [0.3, 0.4) is 0 Å². The zero-order valence-corrected chi connectivity index (χ0v) is 10.2. The predicted molar refractivity (Wildman–Crippen MR) is 62.6 cm³/mol. The Labute approximate surface area is 101 Å². The number of methoxy groups -OCH3 is 1. The SMILES string of the molecule is COc1cnccc1C(=O)N(C)C(C)CC#N. The van der Waals surface area contributed by atoms with Crippen LogP contribution in [0.4, 0.5) is 0 Å². The molecule has 0 aliphatic carbocycles. The number of ether oxygens (including phenoxy) is 1. The van der Waals surface area contributed by atoms with Crippen molar-refractivity contribution in [2.45, 2.75) is 19.4 Å². The average molecular weight is 233 g/mol. The van der Waals surface area contributed by atoms with Crippen LogP contribution in [-0.2, 0) is 0 Å². The number of pyridine rings is 1. The van der Waals surface area contributed by atoms with Crippen molar-refractivity contribution in [2.24, 2.45) is 0 Å². The molecule has 5 heteroatoms. The Balaban J connectivity index is 2.93. The molecule has 0 radical (unpaired) electrons. The molecule has 1 amide bonds. The number of amides is 1. The molecule has 1 unspecified atom stereocenters. The van der Waals surface area contributed by atoms with Crippen molar-refractivity contribution in [3.05, 3.63) is 24.0 Å². The molecule has 0 saturated heterocycles. The zero-order valence-electron chi connectivity index (χ0n) is 10.2. The Morgan fingerprint density at radius 2 is 2.41 bits per heavy atom. The summed E-state index contributed by atoms with van der Waals surface area (Å²) in [5, 5.41) is 8.62. The standard InChI is InChI=1S/C12H15N3O2/c1-9(4-6-13)15(2)12(16)10-5-7-14-8-11(10)17-3/h5,7-9H,4H2,1-3H3. The molecule has 17 heavy (non-hydrogen) atoms. The number of hydrogen-bond acceptors (Lipinski definition) is 4. The van der Waals surface area contributed by atoms with Gasteiger partial charge in [0, 0.05) is 19.3 Å². The van der Waals surface area contributed by atoms with E-state index in [1.165, 1.54) is 18.2 Å². The average Bonchev–Trinajstić information content (AvgIpc) is 2.37. The Kier molecular flexibility index (Phi) is 4.46. The van der Waals surface area contributed by atoms with Crippen LogP contribution in [0.1, 0.15) is 23.7 Å². The Morgan fingerprint density at radius 1 is 1.71 bits per heavy atom. The first-order valence-corrected chi connectivity index (χ1v) is 5.24. The van der Waals surface area contributed by atoms with Crippen molar-refractivity contribution in [1.82, 2.24) is 9.88 Å². The van der Waals surface area contributed by atoms with Gasteiger partial charge in [-0.2, -0.15) is 5.26 Å². The Hall–Kier alpha value is -2.09. The number of carbonyl (C=O) groups is 1. The Bertz CT molecular complexity index is 440. The lowest BCUT2D eigenvalue weighted by Crippen LogP contribution is -2.35.